The summed E-state index contributed by atoms with van der Waals surface area (Å²) in [6, 6.07) is -0.940. The molecule has 0 amide bonds. The summed E-state index contributed by atoms with van der Waals surface area (Å²) >= 11 is 5.75. The molecule has 0 aromatic carbocycles. The Morgan fingerprint density at radius 3 is 1.47 bits per heavy atom. The fourth-order valence-electron chi connectivity index (χ4n) is 1.86. The topological polar surface area (TPSA) is 0 Å². The van der Waals surface area contributed by atoms with Crippen LogP contribution in [0, 0.1) is 0 Å². The van der Waals surface area contributed by atoms with Gasteiger partial charge in [0.1, 0.15) is 0 Å². The standard InChI is InChI=1S/C13H29PS/c1-4-6-8-10-12-14(3,15)13-11-9-7-5-2/h4-13H2,1-3H3. The zero-order valence-corrected chi connectivity index (χ0v) is 12.6. The lowest BCUT2D eigenvalue weighted by molar-refractivity contribution is 0.696. The third-order valence-corrected chi connectivity index (χ3v) is 6.59. The van der Waals surface area contributed by atoms with E-state index in [1.807, 2.05) is 0 Å². The molecule has 15 heavy (non-hydrogen) atoms. The van der Waals surface area contributed by atoms with Gasteiger partial charge in [-0.25, -0.2) is 0 Å². The first-order valence-electron chi connectivity index (χ1n) is 6.68. The van der Waals surface area contributed by atoms with Crippen LogP contribution in [0.1, 0.15) is 65.2 Å². The Kier molecular flexibility index (Phi) is 10.3. The van der Waals surface area contributed by atoms with Crippen LogP contribution >= 0.6 is 6.04 Å². The Hall–Kier alpha value is 0.650. The van der Waals surface area contributed by atoms with Crippen LogP contribution in [0.3, 0.4) is 0 Å². The largest absolute Gasteiger partial charge is 0.0978 e. The van der Waals surface area contributed by atoms with Crippen LogP contribution in [0.25, 0.3) is 0 Å². The minimum Gasteiger partial charge on any atom is -0.0978 e. The van der Waals surface area contributed by atoms with Gasteiger partial charge in [0.25, 0.3) is 0 Å². The summed E-state index contributed by atoms with van der Waals surface area (Å²) in [5.74, 6) is 0. The summed E-state index contributed by atoms with van der Waals surface area (Å²) < 4.78 is 0. The van der Waals surface area contributed by atoms with Gasteiger partial charge in [0.05, 0.1) is 0 Å². The maximum atomic E-state index is 5.75. The highest BCUT2D eigenvalue weighted by molar-refractivity contribution is 8.14. The molecule has 0 bridgehead atoms. The van der Waals surface area contributed by atoms with Crippen molar-refractivity contribution < 1.29 is 0 Å². The van der Waals surface area contributed by atoms with Gasteiger partial charge in [-0.1, -0.05) is 64.2 Å². The molecule has 0 saturated heterocycles. The molecule has 0 atom stereocenters. The predicted molar refractivity (Wildman–Crippen MR) is 78.2 cm³/mol. The molecular formula is C13H29PS. The van der Waals surface area contributed by atoms with Crippen molar-refractivity contribution >= 4 is 17.8 Å². The molecule has 0 nitrogen and oxygen atoms in total. The van der Waals surface area contributed by atoms with E-state index in [2.05, 4.69) is 20.5 Å². The Bertz CT molecular complexity index is 161. The number of hydrogen-bond acceptors (Lipinski definition) is 1. The summed E-state index contributed by atoms with van der Waals surface area (Å²) in [7, 11) is 0. The van der Waals surface area contributed by atoms with Gasteiger partial charge in [-0.2, -0.15) is 0 Å². The van der Waals surface area contributed by atoms with Gasteiger partial charge in [-0.3, -0.25) is 0 Å². The van der Waals surface area contributed by atoms with Crippen molar-refractivity contribution in [2.45, 2.75) is 65.2 Å². The first-order chi connectivity index (χ1) is 7.12. The highest BCUT2D eigenvalue weighted by Crippen LogP contribution is 2.43. The molecule has 0 aromatic rings. The van der Waals surface area contributed by atoms with Crippen molar-refractivity contribution in [2.75, 3.05) is 19.0 Å². The molecular weight excluding hydrogens is 219 g/mol. The van der Waals surface area contributed by atoms with Crippen molar-refractivity contribution in [2.24, 2.45) is 0 Å². The molecule has 0 unspecified atom stereocenters. The number of hydrogen-bond donors (Lipinski definition) is 0. The van der Waals surface area contributed by atoms with E-state index in [0.717, 1.165) is 0 Å². The average molecular weight is 248 g/mol. The van der Waals surface area contributed by atoms with Gasteiger partial charge in [-0.05, 0) is 37.9 Å². The lowest BCUT2D eigenvalue weighted by Gasteiger charge is -2.16. The molecule has 92 valence electrons. The van der Waals surface area contributed by atoms with E-state index in [0.29, 0.717) is 0 Å². The molecule has 0 heterocycles. The van der Waals surface area contributed by atoms with Crippen LogP contribution in [-0.2, 0) is 11.8 Å². The molecule has 0 radical (unpaired) electrons. The second kappa shape index (κ2) is 9.85. The molecule has 0 saturated carbocycles. The molecule has 0 aromatic heterocycles. The minimum absolute atomic E-state index is 0.940. The lowest BCUT2D eigenvalue weighted by atomic mass is 10.2. The molecule has 0 aliphatic heterocycles. The molecule has 0 spiro atoms. The van der Waals surface area contributed by atoms with Crippen molar-refractivity contribution in [1.29, 1.82) is 0 Å². The quantitative estimate of drug-likeness (QED) is 0.375. The fourth-order valence-corrected chi connectivity index (χ4v) is 4.64. The van der Waals surface area contributed by atoms with E-state index in [4.69, 9.17) is 11.8 Å². The average Bonchev–Trinajstić information content (AvgIpc) is 2.20. The monoisotopic (exact) mass is 248 g/mol. The minimum atomic E-state index is -0.940. The van der Waals surface area contributed by atoms with Gasteiger partial charge in [0, 0.05) is 0 Å². The Morgan fingerprint density at radius 1 is 0.733 bits per heavy atom. The van der Waals surface area contributed by atoms with Crippen LogP contribution in [0.15, 0.2) is 0 Å². The van der Waals surface area contributed by atoms with Crippen molar-refractivity contribution in [3.8, 4) is 0 Å². The third kappa shape index (κ3) is 10.9. The first kappa shape index (κ1) is 15.7. The number of unbranched alkanes of at least 4 members (excludes halogenated alkanes) is 6. The van der Waals surface area contributed by atoms with E-state index in [9.17, 15) is 0 Å². The van der Waals surface area contributed by atoms with Gasteiger partial charge in [0.2, 0.25) is 0 Å². The zero-order valence-electron chi connectivity index (χ0n) is 10.9. The van der Waals surface area contributed by atoms with E-state index in [1.54, 1.807) is 0 Å². The molecule has 0 aliphatic rings. The summed E-state index contributed by atoms with van der Waals surface area (Å²) in [4.78, 5) is 0. The second-order valence-electron chi connectivity index (χ2n) is 4.87. The van der Waals surface area contributed by atoms with Crippen LogP contribution in [0.5, 0.6) is 0 Å². The molecule has 0 rings (SSSR count). The second-order valence-corrected chi connectivity index (χ2v) is 11.0. The molecule has 0 N–H and O–H groups in total. The fraction of sp³-hybridized carbons (Fsp3) is 1.00. The molecule has 0 aliphatic carbocycles. The lowest BCUT2D eigenvalue weighted by Crippen LogP contribution is -1.94. The van der Waals surface area contributed by atoms with E-state index >= 15 is 0 Å². The Balaban J connectivity index is 3.45. The predicted octanol–water partition coefficient (Wildman–Crippen LogP) is 5.26. The van der Waals surface area contributed by atoms with Gasteiger partial charge >= 0.3 is 0 Å². The van der Waals surface area contributed by atoms with Gasteiger partial charge in [0.15, 0.2) is 0 Å². The normalized spacial score (nSPS) is 11.9. The SMILES string of the molecule is CCCCCCP(C)(=S)CCCCCC. The zero-order chi connectivity index (χ0) is 11.6. The smallest absolute Gasteiger partial charge is 0.0237 e. The highest BCUT2D eigenvalue weighted by atomic mass is 32.4. The van der Waals surface area contributed by atoms with Crippen LogP contribution in [0.2, 0.25) is 0 Å². The van der Waals surface area contributed by atoms with E-state index in [1.165, 1.54) is 63.7 Å². The van der Waals surface area contributed by atoms with Crippen molar-refractivity contribution in [1.82, 2.24) is 0 Å². The Labute approximate surface area is 102 Å². The highest BCUT2D eigenvalue weighted by Gasteiger charge is 2.08. The third-order valence-electron chi connectivity index (χ3n) is 2.97. The van der Waals surface area contributed by atoms with Crippen LogP contribution in [-0.4, -0.2) is 19.0 Å². The molecule has 2 heteroatoms. The summed E-state index contributed by atoms with van der Waals surface area (Å²) in [6.45, 7) is 6.92. The van der Waals surface area contributed by atoms with Gasteiger partial charge in [-0.15, -0.1) is 0 Å². The molecule has 0 fully saturated rings. The first-order valence-corrected chi connectivity index (χ1v) is 10.3. The summed E-state index contributed by atoms with van der Waals surface area (Å²) in [5.41, 5.74) is 0. The van der Waals surface area contributed by atoms with Crippen molar-refractivity contribution in [3.05, 3.63) is 0 Å². The van der Waals surface area contributed by atoms with Crippen LogP contribution in [0.4, 0.5) is 0 Å². The summed E-state index contributed by atoms with van der Waals surface area (Å²) in [5, 5.41) is 0. The maximum Gasteiger partial charge on any atom is -0.0237 e. The summed E-state index contributed by atoms with van der Waals surface area (Å²) in [6.07, 6.45) is 13.7. The maximum absolute atomic E-state index is 5.75. The van der Waals surface area contributed by atoms with Crippen LogP contribution < -0.4 is 0 Å². The van der Waals surface area contributed by atoms with E-state index in [-0.39, 0.29) is 0 Å². The number of rotatable bonds is 10. The van der Waals surface area contributed by atoms with E-state index < -0.39 is 6.04 Å². The Morgan fingerprint density at radius 2 is 1.13 bits per heavy atom. The van der Waals surface area contributed by atoms with Gasteiger partial charge < -0.3 is 0 Å². The van der Waals surface area contributed by atoms with Crippen molar-refractivity contribution in [3.63, 3.8) is 0 Å².